The van der Waals surface area contributed by atoms with Crippen molar-refractivity contribution in [1.29, 1.82) is 0 Å². The zero-order valence-electron chi connectivity index (χ0n) is 10.4. The number of hydrogen-bond acceptors (Lipinski definition) is 3. The number of nitrogens with one attached hydrogen (secondary N) is 1. The maximum absolute atomic E-state index is 13.5. The molecule has 1 unspecified atom stereocenters. The molecular weight excluding hydrogens is 255 g/mol. The second-order valence-corrected chi connectivity index (χ2v) is 5.80. The molecule has 6 heteroatoms. The van der Waals surface area contributed by atoms with Crippen LogP contribution in [0.2, 0.25) is 0 Å². The predicted molar refractivity (Wildman–Crippen MR) is 69.9 cm³/mol. The molecule has 1 aromatic rings. The first kappa shape index (κ1) is 14.6. The van der Waals surface area contributed by atoms with Crippen LogP contribution >= 0.6 is 0 Å². The Morgan fingerprint density at radius 1 is 1.50 bits per heavy atom. The molecule has 0 aliphatic carbocycles. The summed E-state index contributed by atoms with van der Waals surface area (Å²) in [6.07, 6.45) is 0. The molecule has 1 atom stereocenters. The van der Waals surface area contributed by atoms with E-state index in [2.05, 4.69) is 5.32 Å². The van der Waals surface area contributed by atoms with E-state index in [1.165, 1.54) is 12.1 Å². The quantitative estimate of drug-likeness (QED) is 0.793. The van der Waals surface area contributed by atoms with E-state index < -0.39 is 16.6 Å². The summed E-state index contributed by atoms with van der Waals surface area (Å²) in [5.41, 5.74) is 5.65. The molecule has 3 N–H and O–H groups in total. The molecule has 0 heterocycles. The first-order valence-corrected chi connectivity index (χ1v) is 6.92. The molecule has 0 aliphatic heterocycles. The lowest BCUT2D eigenvalue weighted by atomic mass is 10.2. The van der Waals surface area contributed by atoms with Gasteiger partial charge in [-0.2, -0.15) is 0 Å². The summed E-state index contributed by atoms with van der Waals surface area (Å²) in [5, 5.41) is 2.63. The molecule has 0 fully saturated rings. The summed E-state index contributed by atoms with van der Waals surface area (Å²) in [7, 11) is -1.69. The molecule has 0 aromatic heterocycles. The SMILES string of the molecule is CC(C)CNC(=O)CS(=O)c1ccc(N)cc1F. The fraction of sp³-hybridized carbons (Fsp3) is 0.417. The highest BCUT2D eigenvalue weighted by Crippen LogP contribution is 2.15. The Labute approximate surface area is 108 Å². The second kappa shape index (κ2) is 6.49. The van der Waals surface area contributed by atoms with Gasteiger partial charge in [0.2, 0.25) is 5.91 Å². The fourth-order valence-electron chi connectivity index (χ4n) is 1.27. The Morgan fingerprint density at radius 3 is 2.72 bits per heavy atom. The molecule has 1 aromatic carbocycles. The highest BCUT2D eigenvalue weighted by Gasteiger charge is 2.14. The number of nitrogen functional groups attached to an aromatic ring is 1. The molecule has 0 bridgehead atoms. The molecule has 1 amide bonds. The highest BCUT2D eigenvalue weighted by atomic mass is 32.2. The number of amides is 1. The number of halogens is 1. The number of benzene rings is 1. The standard InChI is InChI=1S/C12H17FN2O2S/c1-8(2)6-15-12(16)7-18(17)11-4-3-9(14)5-10(11)13/h3-5,8H,6-7,14H2,1-2H3,(H,15,16). The van der Waals surface area contributed by atoms with E-state index in [-0.39, 0.29) is 22.2 Å². The van der Waals surface area contributed by atoms with Gasteiger partial charge in [-0.1, -0.05) is 13.8 Å². The lowest BCUT2D eigenvalue weighted by molar-refractivity contribution is -0.118. The molecule has 0 spiro atoms. The Kier molecular flexibility index (Phi) is 5.27. The summed E-state index contributed by atoms with van der Waals surface area (Å²) in [6.45, 7) is 4.42. The van der Waals surface area contributed by atoms with Crippen LogP contribution in [0, 0.1) is 11.7 Å². The van der Waals surface area contributed by atoms with E-state index in [1.54, 1.807) is 0 Å². The van der Waals surface area contributed by atoms with Crippen LogP contribution in [0.3, 0.4) is 0 Å². The van der Waals surface area contributed by atoms with Crippen LogP contribution < -0.4 is 11.1 Å². The molecular formula is C12H17FN2O2S. The summed E-state index contributed by atoms with van der Waals surface area (Å²) >= 11 is 0. The van der Waals surface area contributed by atoms with Crippen molar-refractivity contribution in [2.75, 3.05) is 18.0 Å². The van der Waals surface area contributed by atoms with Gasteiger partial charge in [0.15, 0.2) is 0 Å². The number of hydrogen-bond donors (Lipinski definition) is 2. The lowest BCUT2D eigenvalue weighted by Gasteiger charge is -2.08. The number of anilines is 1. The summed E-state index contributed by atoms with van der Waals surface area (Å²) in [6, 6.07) is 3.90. The van der Waals surface area contributed by atoms with Gasteiger partial charge in [-0.3, -0.25) is 9.00 Å². The largest absolute Gasteiger partial charge is 0.399 e. The molecule has 1 rings (SSSR count). The molecule has 0 aliphatic rings. The predicted octanol–water partition coefficient (Wildman–Crippen LogP) is 1.29. The van der Waals surface area contributed by atoms with E-state index in [0.717, 1.165) is 6.07 Å². The van der Waals surface area contributed by atoms with Crippen molar-refractivity contribution < 1.29 is 13.4 Å². The van der Waals surface area contributed by atoms with Crippen LogP contribution in [0.25, 0.3) is 0 Å². The minimum Gasteiger partial charge on any atom is -0.399 e. The van der Waals surface area contributed by atoms with Crippen LogP contribution in [0.5, 0.6) is 0 Å². The van der Waals surface area contributed by atoms with Crippen LogP contribution in [-0.4, -0.2) is 22.4 Å². The summed E-state index contributed by atoms with van der Waals surface area (Å²) < 4.78 is 25.3. The van der Waals surface area contributed by atoms with Gasteiger partial charge in [0.25, 0.3) is 0 Å². The maximum atomic E-state index is 13.5. The highest BCUT2D eigenvalue weighted by molar-refractivity contribution is 7.85. The number of nitrogens with two attached hydrogens (primary N) is 1. The van der Waals surface area contributed by atoms with Gasteiger partial charge in [0.05, 0.1) is 15.7 Å². The normalized spacial score (nSPS) is 12.4. The van der Waals surface area contributed by atoms with Crippen molar-refractivity contribution in [2.24, 2.45) is 5.92 Å². The third kappa shape index (κ3) is 4.44. The topological polar surface area (TPSA) is 72.2 Å². The van der Waals surface area contributed by atoms with E-state index in [0.29, 0.717) is 12.5 Å². The van der Waals surface area contributed by atoms with Gasteiger partial charge in [-0.05, 0) is 24.1 Å². The first-order valence-electron chi connectivity index (χ1n) is 5.60. The van der Waals surface area contributed by atoms with E-state index >= 15 is 0 Å². The average molecular weight is 272 g/mol. The van der Waals surface area contributed by atoms with Gasteiger partial charge in [-0.25, -0.2) is 4.39 Å². The van der Waals surface area contributed by atoms with Crippen molar-refractivity contribution in [1.82, 2.24) is 5.32 Å². The third-order valence-electron chi connectivity index (χ3n) is 2.17. The fourth-order valence-corrected chi connectivity index (χ4v) is 2.26. The van der Waals surface area contributed by atoms with Gasteiger partial charge in [0.1, 0.15) is 11.6 Å². The maximum Gasteiger partial charge on any atom is 0.233 e. The molecule has 18 heavy (non-hydrogen) atoms. The van der Waals surface area contributed by atoms with Gasteiger partial charge in [-0.15, -0.1) is 0 Å². The first-order chi connectivity index (χ1) is 8.40. The zero-order chi connectivity index (χ0) is 13.7. The van der Waals surface area contributed by atoms with Crippen molar-refractivity contribution in [2.45, 2.75) is 18.7 Å². The summed E-state index contributed by atoms with van der Waals surface area (Å²) in [4.78, 5) is 11.5. The van der Waals surface area contributed by atoms with Crippen LogP contribution in [0.1, 0.15) is 13.8 Å². The Balaban J connectivity index is 2.62. The zero-order valence-corrected chi connectivity index (χ0v) is 11.2. The Morgan fingerprint density at radius 2 is 2.17 bits per heavy atom. The van der Waals surface area contributed by atoms with E-state index in [9.17, 15) is 13.4 Å². The van der Waals surface area contributed by atoms with Gasteiger partial charge < -0.3 is 11.1 Å². The van der Waals surface area contributed by atoms with Crippen molar-refractivity contribution in [3.63, 3.8) is 0 Å². The smallest absolute Gasteiger partial charge is 0.233 e. The number of rotatable bonds is 5. The average Bonchev–Trinajstić information content (AvgIpc) is 2.26. The van der Waals surface area contributed by atoms with Crippen molar-refractivity contribution in [3.8, 4) is 0 Å². The number of carbonyl (C=O) groups excluding carboxylic acids is 1. The van der Waals surface area contributed by atoms with Crippen LogP contribution in [0.4, 0.5) is 10.1 Å². The van der Waals surface area contributed by atoms with E-state index in [1.807, 2.05) is 13.8 Å². The third-order valence-corrected chi connectivity index (χ3v) is 3.52. The van der Waals surface area contributed by atoms with Crippen LogP contribution in [-0.2, 0) is 15.6 Å². The summed E-state index contributed by atoms with van der Waals surface area (Å²) in [5.74, 6) is -0.924. The molecule has 0 radical (unpaired) electrons. The second-order valence-electron chi connectivity index (χ2n) is 4.38. The van der Waals surface area contributed by atoms with Crippen molar-refractivity contribution in [3.05, 3.63) is 24.0 Å². The van der Waals surface area contributed by atoms with Gasteiger partial charge >= 0.3 is 0 Å². The monoisotopic (exact) mass is 272 g/mol. The molecule has 0 saturated heterocycles. The van der Waals surface area contributed by atoms with Crippen LogP contribution in [0.15, 0.2) is 23.1 Å². The Bertz CT molecular complexity index is 463. The minimum absolute atomic E-state index is 0.00361. The molecule has 100 valence electrons. The molecule has 4 nitrogen and oxygen atoms in total. The molecule has 0 saturated carbocycles. The lowest BCUT2D eigenvalue weighted by Crippen LogP contribution is -2.31. The number of carbonyl (C=O) groups is 1. The Hall–Kier alpha value is -1.43. The van der Waals surface area contributed by atoms with Crippen molar-refractivity contribution >= 4 is 22.4 Å². The van der Waals surface area contributed by atoms with E-state index in [4.69, 9.17) is 5.73 Å². The van der Waals surface area contributed by atoms with Gasteiger partial charge in [0, 0.05) is 12.2 Å². The minimum atomic E-state index is -1.69.